The van der Waals surface area contributed by atoms with Gasteiger partial charge in [-0.2, -0.15) is 5.10 Å². The zero-order valence-electron chi connectivity index (χ0n) is 12.3. The van der Waals surface area contributed by atoms with Gasteiger partial charge >= 0.3 is 0 Å². The molecule has 0 saturated carbocycles. The lowest BCUT2D eigenvalue weighted by Gasteiger charge is -2.18. The van der Waals surface area contributed by atoms with Gasteiger partial charge in [0.05, 0.1) is 11.1 Å². The zero-order valence-corrected chi connectivity index (χ0v) is 12.3. The van der Waals surface area contributed by atoms with Crippen molar-refractivity contribution in [1.29, 1.82) is 0 Å². The highest BCUT2D eigenvalue weighted by atomic mass is 15.3. The van der Waals surface area contributed by atoms with Crippen molar-refractivity contribution < 1.29 is 0 Å². The normalized spacial score (nSPS) is 13.0. The first-order valence-electron chi connectivity index (χ1n) is 6.50. The monoisotopic (exact) mass is 243 g/mol. The molecule has 0 radical (unpaired) electrons. The largest absolute Gasteiger partial charge is 0.271 e. The molecule has 0 aliphatic carbocycles. The van der Waals surface area contributed by atoms with Crippen molar-refractivity contribution in [2.75, 3.05) is 0 Å². The van der Waals surface area contributed by atoms with E-state index in [0.29, 0.717) is 0 Å². The first kappa shape index (κ1) is 13.1. The van der Waals surface area contributed by atoms with Crippen LogP contribution in [0.1, 0.15) is 41.5 Å². The molecule has 4 heteroatoms. The Balaban J connectivity index is 2.40. The Morgan fingerprint density at radius 1 is 1.11 bits per heavy atom. The van der Waals surface area contributed by atoms with Crippen molar-refractivity contribution in [1.82, 2.24) is 14.8 Å². The van der Waals surface area contributed by atoms with E-state index in [4.69, 9.17) is 0 Å². The van der Waals surface area contributed by atoms with Gasteiger partial charge in [-0.25, -0.2) is 0 Å². The standard InChI is InChI=1S/C14H22BN3/c1-13(2,3)15-12-7-11-10(8-16-12)9-18(17-11)14(4,5)6/h7-9,15H,1-6H3. The number of aromatic nitrogens is 3. The molecule has 0 spiro atoms. The number of pyridine rings is 1. The second-order valence-corrected chi connectivity index (χ2v) is 7.22. The number of hydrogen-bond donors (Lipinski definition) is 0. The van der Waals surface area contributed by atoms with Gasteiger partial charge in [-0.15, -0.1) is 0 Å². The van der Waals surface area contributed by atoms with Crippen molar-refractivity contribution in [3.8, 4) is 0 Å². The van der Waals surface area contributed by atoms with Gasteiger partial charge in [-0.05, 0) is 26.8 Å². The fourth-order valence-electron chi connectivity index (χ4n) is 1.94. The summed E-state index contributed by atoms with van der Waals surface area (Å²) >= 11 is 0. The maximum Gasteiger partial charge on any atom is 0.187 e. The van der Waals surface area contributed by atoms with E-state index in [1.165, 1.54) is 0 Å². The van der Waals surface area contributed by atoms with Crippen LogP contribution in [0, 0.1) is 0 Å². The molecule has 0 atom stereocenters. The second-order valence-electron chi connectivity index (χ2n) is 7.22. The van der Waals surface area contributed by atoms with Crippen LogP contribution in [0.2, 0.25) is 5.31 Å². The van der Waals surface area contributed by atoms with Crippen molar-refractivity contribution >= 4 is 23.8 Å². The quantitative estimate of drug-likeness (QED) is 0.720. The molecule has 0 saturated heterocycles. The van der Waals surface area contributed by atoms with E-state index < -0.39 is 0 Å². The van der Waals surface area contributed by atoms with Gasteiger partial charge in [0.1, 0.15) is 0 Å². The number of rotatable bonds is 1. The van der Waals surface area contributed by atoms with E-state index in [1.807, 2.05) is 10.9 Å². The summed E-state index contributed by atoms with van der Waals surface area (Å²) in [5.74, 6) is 0. The van der Waals surface area contributed by atoms with Gasteiger partial charge < -0.3 is 0 Å². The van der Waals surface area contributed by atoms with Crippen LogP contribution < -0.4 is 5.59 Å². The number of fused-ring (bicyclic) bond motifs is 1. The highest BCUT2D eigenvalue weighted by Gasteiger charge is 2.17. The molecular formula is C14H22BN3. The molecule has 0 bridgehead atoms. The summed E-state index contributed by atoms with van der Waals surface area (Å²) in [6.07, 6.45) is 4.01. The number of hydrogen-bond acceptors (Lipinski definition) is 2. The smallest absolute Gasteiger partial charge is 0.187 e. The number of nitrogens with zero attached hydrogens (tertiary/aromatic N) is 3. The van der Waals surface area contributed by atoms with Crippen molar-refractivity contribution in [3.63, 3.8) is 0 Å². The maximum absolute atomic E-state index is 4.65. The SMILES string of the molecule is CC(C)(C)Bc1cc2nn(C(C)(C)C)cc2cn1. The van der Waals surface area contributed by atoms with E-state index in [1.54, 1.807) is 0 Å². The highest BCUT2D eigenvalue weighted by Crippen LogP contribution is 2.21. The zero-order chi connectivity index (χ0) is 13.6. The third-order valence-electron chi connectivity index (χ3n) is 2.84. The summed E-state index contributed by atoms with van der Waals surface area (Å²) in [5.41, 5.74) is 2.18. The Morgan fingerprint density at radius 2 is 1.78 bits per heavy atom. The van der Waals surface area contributed by atoms with E-state index in [9.17, 15) is 0 Å². The van der Waals surface area contributed by atoms with E-state index in [2.05, 4.69) is 63.9 Å². The van der Waals surface area contributed by atoms with Crippen LogP contribution in [-0.4, -0.2) is 22.0 Å². The van der Waals surface area contributed by atoms with Gasteiger partial charge in [0.2, 0.25) is 0 Å². The van der Waals surface area contributed by atoms with Crippen LogP contribution >= 0.6 is 0 Å². The minimum atomic E-state index is 0.0171. The Bertz CT molecular complexity index is 558. The molecule has 0 aliphatic heterocycles. The lowest BCUT2D eigenvalue weighted by atomic mass is 9.53. The molecule has 0 unspecified atom stereocenters. The Labute approximate surface area is 110 Å². The van der Waals surface area contributed by atoms with Crippen molar-refractivity contribution in [2.24, 2.45) is 0 Å². The molecular weight excluding hydrogens is 221 g/mol. The van der Waals surface area contributed by atoms with Crippen LogP contribution in [-0.2, 0) is 5.54 Å². The predicted molar refractivity (Wildman–Crippen MR) is 79.0 cm³/mol. The third-order valence-corrected chi connectivity index (χ3v) is 2.84. The van der Waals surface area contributed by atoms with E-state index in [-0.39, 0.29) is 10.9 Å². The minimum absolute atomic E-state index is 0.0171. The average Bonchev–Trinajstić information content (AvgIpc) is 2.57. The van der Waals surface area contributed by atoms with Crippen LogP contribution in [0.4, 0.5) is 0 Å². The van der Waals surface area contributed by atoms with Gasteiger partial charge in [0.15, 0.2) is 7.28 Å². The first-order chi connectivity index (χ1) is 8.15. The van der Waals surface area contributed by atoms with Crippen LogP contribution in [0.25, 0.3) is 10.9 Å². The Hall–Kier alpha value is -1.32. The van der Waals surface area contributed by atoms with Gasteiger partial charge in [-0.3, -0.25) is 9.67 Å². The molecule has 96 valence electrons. The third kappa shape index (κ3) is 2.92. The predicted octanol–water partition coefficient (Wildman–Crippen LogP) is 2.47. The summed E-state index contributed by atoms with van der Waals surface area (Å²) in [5, 5.41) is 6.02. The highest BCUT2D eigenvalue weighted by molar-refractivity contribution is 6.55. The fraction of sp³-hybridized carbons (Fsp3) is 0.571. The van der Waals surface area contributed by atoms with Crippen molar-refractivity contribution in [2.45, 2.75) is 52.4 Å². The topological polar surface area (TPSA) is 30.7 Å². The molecule has 0 aromatic carbocycles. The summed E-state index contributed by atoms with van der Waals surface area (Å²) in [4.78, 5) is 4.53. The van der Waals surface area contributed by atoms with Gasteiger partial charge in [-0.1, -0.05) is 26.1 Å². The van der Waals surface area contributed by atoms with E-state index in [0.717, 1.165) is 23.8 Å². The Kier molecular flexibility index (Phi) is 3.00. The summed E-state index contributed by atoms with van der Waals surface area (Å²) < 4.78 is 2.01. The molecule has 3 nitrogen and oxygen atoms in total. The molecule has 0 amide bonds. The molecule has 0 N–H and O–H groups in total. The van der Waals surface area contributed by atoms with Crippen LogP contribution in [0.5, 0.6) is 0 Å². The average molecular weight is 243 g/mol. The molecule has 0 fully saturated rings. The molecule has 18 heavy (non-hydrogen) atoms. The van der Waals surface area contributed by atoms with Gasteiger partial charge in [0, 0.05) is 23.4 Å². The lowest BCUT2D eigenvalue weighted by Crippen LogP contribution is -2.25. The molecule has 2 aromatic rings. The van der Waals surface area contributed by atoms with Crippen molar-refractivity contribution in [3.05, 3.63) is 18.5 Å². The summed E-state index contributed by atoms with van der Waals surface area (Å²) in [7, 11) is 0.977. The molecule has 2 aromatic heterocycles. The molecule has 2 rings (SSSR count). The van der Waals surface area contributed by atoms with Crippen LogP contribution in [0.15, 0.2) is 18.5 Å². The van der Waals surface area contributed by atoms with Gasteiger partial charge in [0.25, 0.3) is 0 Å². The first-order valence-corrected chi connectivity index (χ1v) is 6.50. The molecule has 0 aliphatic rings. The van der Waals surface area contributed by atoms with E-state index >= 15 is 0 Å². The van der Waals surface area contributed by atoms with Crippen LogP contribution in [0.3, 0.4) is 0 Å². The summed E-state index contributed by atoms with van der Waals surface area (Å²) in [6.45, 7) is 13.2. The minimum Gasteiger partial charge on any atom is -0.271 e. The fourth-order valence-corrected chi connectivity index (χ4v) is 1.94. The summed E-state index contributed by atoms with van der Waals surface area (Å²) in [6, 6.07) is 2.11. The maximum atomic E-state index is 4.65. The lowest BCUT2D eigenvalue weighted by molar-refractivity contribution is 0.358. The second kappa shape index (κ2) is 4.11. The molecule has 2 heterocycles. The Morgan fingerprint density at radius 3 is 2.33 bits per heavy atom.